The number of carbonyl (C=O) groups excluding carboxylic acids is 1. The lowest BCUT2D eigenvalue weighted by Gasteiger charge is -2.31. The van der Waals surface area contributed by atoms with E-state index in [-0.39, 0.29) is 23.9 Å². The van der Waals surface area contributed by atoms with Gasteiger partial charge >= 0.3 is 6.01 Å². The molecule has 2 aromatic heterocycles. The van der Waals surface area contributed by atoms with E-state index in [0.29, 0.717) is 42.9 Å². The fraction of sp³-hybridized carbons (Fsp3) is 0.222. The minimum absolute atomic E-state index is 0.0705. The average molecular weight is 496 g/mol. The van der Waals surface area contributed by atoms with Gasteiger partial charge in [-0.1, -0.05) is 53.6 Å². The molecule has 37 heavy (non-hydrogen) atoms. The number of fused-ring (bicyclic) bond motifs is 1. The smallest absolute Gasteiger partial charge is 0.317 e. The van der Waals surface area contributed by atoms with Gasteiger partial charge in [0.15, 0.2) is 0 Å². The van der Waals surface area contributed by atoms with Crippen LogP contribution in [0.3, 0.4) is 0 Å². The molecule has 1 atom stereocenters. The first-order valence-electron chi connectivity index (χ1n) is 12.2. The molecule has 2 aliphatic heterocycles. The number of hydrogen-bond donors (Lipinski definition) is 3. The first-order chi connectivity index (χ1) is 18.2. The number of carbonyl (C=O) groups is 1. The summed E-state index contributed by atoms with van der Waals surface area (Å²) in [4.78, 5) is 24.5. The summed E-state index contributed by atoms with van der Waals surface area (Å²) in [5.74, 6) is 0.657. The molecular formula is C27H25N7O3. The molecule has 6 rings (SSSR count). The Hall–Kier alpha value is -4.57. The maximum absolute atomic E-state index is 13.1. The maximum Gasteiger partial charge on any atom is 0.317 e. The quantitative estimate of drug-likeness (QED) is 0.385. The zero-order valence-electron chi connectivity index (χ0n) is 19.9. The van der Waals surface area contributed by atoms with Gasteiger partial charge in [0, 0.05) is 30.4 Å². The zero-order valence-corrected chi connectivity index (χ0v) is 19.9. The van der Waals surface area contributed by atoms with Crippen LogP contribution in [0.1, 0.15) is 24.0 Å². The highest BCUT2D eigenvalue weighted by Crippen LogP contribution is 2.31. The van der Waals surface area contributed by atoms with Crippen molar-refractivity contribution in [2.75, 3.05) is 28.6 Å². The summed E-state index contributed by atoms with van der Waals surface area (Å²) in [6.45, 7) is 1.37. The SMILES string of the molecule is O=C1Nc2ccccc2C(c2ccccc2)=NC1Nc1nnc(-c2cccnc2N2CCC(O)CC2)o1. The summed E-state index contributed by atoms with van der Waals surface area (Å²) in [7, 11) is 0. The van der Waals surface area contributed by atoms with Crippen LogP contribution in [0.25, 0.3) is 11.5 Å². The van der Waals surface area contributed by atoms with Gasteiger partial charge in [-0.2, -0.15) is 0 Å². The molecule has 10 heteroatoms. The third kappa shape index (κ3) is 4.66. The number of para-hydroxylation sites is 1. The van der Waals surface area contributed by atoms with Crippen LogP contribution < -0.4 is 15.5 Å². The largest absolute Gasteiger partial charge is 0.403 e. The third-order valence-electron chi connectivity index (χ3n) is 6.46. The van der Waals surface area contributed by atoms with Crippen LogP contribution in [0.4, 0.5) is 17.5 Å². The van der Waals surface area contributed by atoms with E-state index in [1.165, 1.54) is 0 Å². The number of aromatic nitrogens is 3. The molecule has 0 aliphatic carbocycles. The van der Waals surface area contributed by atoms with Gasteiger partial charge in [-0.05, 0) is 31.0 Å². The minimum Gasteiger partial charge on any atom is -0.403 e. The van der Waals surface area contributed by atoms with Gasteiger partial charge in [-0.3, -0.25) is 4.79 Å². The summed E-state index contributed by atoms with van der Waals surface area (Å²) in [5, 5.41) is 24.2. The Balaban J connectivity index is 1.30. The monoisotopic (exact) mass is 495 g/mol. The molecule has 2 aliphatic rings. The van der Waals surface area contributed by atoms with Gasteiger partial charge in [0.05, 0.1) is 23.1 Å². The molecule has 0 radical (unpaired) electrons. The van der Waals surface area contributed by atoms with Gasteiger partial charge in [-0.25, -0.2) is 9.98 Å². The maximum atomic E-state index is 13.1. The lowest BCUT2D eigenvalue weighted by atomic mass is 10.0. The number of aliphatic hydroxyl groups excluding tert-OH is 1. The van der Waals surface area contributed by atoms with Crippen molar-refractivity contribution in [2.45, 2.75) is 25.1 Å². The highest BCUT2D eigenvalue weighted by atomic mass is 16.4. The van der Waals surface area contributed by atoms with E-state index in [2.05, 4.69) is 30.7 Å². The number of hydrogen-bond acceptors (Lipinski definition) is 9. The zero-order chi connectivity index (χ0) is 25.2. The third-order valence-corrected chi connectivity index (χ3v) is 6.46. The van der Waals surface area contributed by atoms with Gasteiger partial charge in [0.2, 0.25) is 6.17 Å². The molecule has 4 heterocycles. The summed E-state index contributed by atoms with van der Waals surface area (Å²) in [5.41, 5.74) is 3.75. The summed E-state index contributed by atoms with van der Waals surface area (Å²) in [6.07, 6.45) is 1.78. The predicted molar refractivity (Wildman–Crippen MR) is 140 cm³/mol. The van der Waals surface area contributed by atoms with Crippen molar-refractivity contribution < 1.29 is 14.3 Å². The van der Waals surface area contributed by atoms with Crippen molar-refractivity contribution in [3.8, 4) is 11.5 Å². The standard InChI is InChI=1S/C27H25N7O3/c35-18-12-15-34(16-13-18)24-20(10-6-14-28-24)26-32-33-27(37-26)31-23-25(36)29-21-11-5-4-9-19(21)22(30-23)17-7-2-1-3-8-17/h1-11,14,18,23,35H,12-13,15-16H2,(H,29,36)(H,31,33). The number of rotatable bonds is 5. The lowest BCUT2D eigenvalue weighted by molar-refractivity contribution is -0.116. The Morgan fingerprint density at radius 1 is 0.946 bits per heavy atom. The fourth-order valence-corrected chi connectivity index (χ4v) is 4.58. The highest BCUT2D eigenvalue weighted by molar-refractivity contribution is 6.19. The summed E-state index contributed by atoms with van der Waals surface area (Å²) in [6, 6.07) is 21.0. The van der Waals surface area contributed by atoms with Crippen LogP contribution in [-0.2, 0) is 4.79 Å². The van der Waals surface area contributed by atoms with E-state index in [1.807, 2.05) is 60.7 Å². The van der Waals surface area contributed by atoms with E-state index >= 15 is 0 Å². The summed E-state index contributed by atoms with van der Waals surface area (Å²) >= 11 is 0. The van der Waals surface area contributed by atoms with Crippen LogP contribution in [0, 0.1) is 0 Å². The number of benzodiazepines with no additional fused rings is 1. The first-order valence-corrected chi connectivity index (χ1v) is 12.2. The molecule has 0 spiro atoms. The van der Waals surface area contributed by atoms with Gasteiger partial charge < -0.3 is 25.1 Å². The van der Waals surface area contributed by atoms with E-state index in [4.69, 9.17) is 9.41 Å². The molecule has 0 saturated carbocycles. The molecule has 2 aromatic carbocycles. The molecule has 1 amide bonds. The number of amides is 1. The van der Waals surface area contributed by atoms with Crippen molar-refractivity contribution in [1.82, 2.24) is 15.2 Å². The molecule has 186 valence electrons. The van der Waals surface area contributed by atoms with Crippen molar-refractivity contribution in [1.29, 1.82) is 0 Å². The second-order valence-corrected chi connectivity index (χ2v) is 8.93. The number of aliphatic hydroxyl groups is 1. The molecule has 0 bridgehead atoms. The van der Waals surface area contributed by atoms with Crippen molar-refractivity contribution >= 4 is 29.1 Å². The predicted octanol–water partition coefficient (Wildman–Crippen LogP) is 3.32. The highest BCUT2D eigenvalue weighted by Gasteiger charge is 2.28. The molecule has 1 unspecified atom stereocenters. The molecular weight excluding hydrogens is 470 g/mol. The Kier molecular flexibility index (Phi) is 6.07. The molecule has 4 aromatic rings. The van der Waals surface area contributed by atoms with E-state index < -0.39 is 6.17 Å². The second kappa shape index (κ2) is 9.82. The van der Waals surface area contributed by atoms with E-state index in [1.54, 1.807) is 12.3 Å². The van der Waals surface area contributed by atoms with Crippen molar-refractivity contribution in [3.63, 3.8) is 0 Å². The normalized spacial score (nSPS) is 18.0. The number of nitrogens with one attached hydrogen (secondary N) is 2. The Bertz CT molecular complexity index is 1450. The Labute approximate surface area is 213 Å². The Morgan fingerprint density at radius 3 is 2.54 bits per heavy atom. The average Bonchev–Trinajstić information content (AvgIpc) is 3.35. The molecule has 10 nitrogen and oxygen atoms in total. The van der Waals surface area contributed by atoms with Gasteiger partial charge in [-0.15, -0.1) is 5.10 Å². The van der Waals surface area contributed by atoms with Crippen molar-refractivity contribution in [3.05, 3.63) is 84.1 Å². The van der Waals surface area contributed by atoms with Crippen LogP contribution in [0.15, 0.2) is 82.3 Å². The lowest BCUT2D eigenvalue weighted by Crippen LogP contribution is -2.36. The number of aliphatic imine (C=N–C) groups is 1. The molecule has 3 N–H and O–H groups in total. The summed E-state index contributed by atoms with van der Waals surface area (Å²) < 4.78 is 5.93. The Morgan fingerprint density at radius 2 is 1.70 bits per heavy atom. The van der Waals surface area contributed by atoms with E-state index in [0.717, 1.165) is 16.9 Å². The van der Waals surface area contributed by atoms with E-state index in [9.17, 15) is 9.90 Å². The van der Waals surface area contributed by atoms with Gasteiger partial charge in [0.1, 0.15) is 5.82 Å². The number of anilines is 3. The van der Waals surface area contributed by atoms with Crippen LogP contribution in [0.2, 0.25) is 0 Å². The van der Waals surface area contributed by atoms with Crippen LogP contribution in [0.5, 0.6) is 0 Å². The molecule has 1 fully saturated rings. The number of piperidine rings is 1. The first kappa shape index (κ1) is 22.9. The van der Waals surface area contributed by atoms with Crippen molar-refractivity contribution in [2.24, 2.45) is 4.99 Å². The number of pyridine rings is 1. The number of benzene rings is 2. The minimum atomic E-state index is -0.993. The number of nitrogens with zero attached hydrogens (tertiary/aromatic N) is 5. The topological polar surface area (TPSA) is 129 Å². The fourth-order valence-electron chi connectivity index (χ4n) is 4.58. The molecule has 1 saturated heterocycles. The second-order valence-electron chi connectivity index (χ2n) is 8.93. The van der Waals surface area contributed by atoms with Gasteiger partial charge in [0.25, 0.3) is 11.8 Å². The van der Waals surface area contributed by atoms with Crippen LogP contribution in [-0.4, -0.2) is 57.3 Å². The van der Waals surface area contributed by atoms with Crippen LogP contribution >= 0.6 is 0 Å².